The summed E-state index contributed by atoms with van der Waals surface area (Å²) in [4.78, 5) is 22.8. The number of nitrogens with one attached hydrogen (secondary N) is 1. The van der Waals surface area contributed by atoms with E-state index in [1.807, 2.05) is 39.0 Å². The minimum atomic E-state index is -3.66. The average molecular weight is 434 g/mol. The summed E-state index contributed by atoms with van der Waals surface area (Å²) >= 11 is 0. The fraction of sp³-hybridized carbons (Fsp3) is 0.381. The molecule has 1 N–H and O–H groups in total. The number of nitro groups is 1. The third-order valence-electron chi connectivity index (χ3n) is 4.77. The van der Waals surface area contributed by atoms with Crippen molar-refractivity contribution in [2.45, 2.75) is 39.7 Å². The van der Waals surface area contributed by atoms with Crippen molar-refractivity contribution in [2.24, 2.45) is 0 Å². The van der Waals surface area contributed by atoms with E-state index in [0.29, 0.717) is 0 Å². The number of nitro benzene ring substituents is 1. The Morgan fingerprint density at radius 2 is 1.90 bits per heavy atom. The lowest BCUT2D eigenvalue weighted by Gasteiger charge is -2.22. The van der Waals surface area contributed by atoms with Crippen molar-refractivity contribution in [3.63, 3.8) is 0 Å². The second-order valence-corrected chi connectivity index (χ2v) is 9.27. The SMILES string of the molecule is Cc1ccc(C)c(C(C)NC(=O)CCCN(c2cccc([N+](=O)[O-])c2)S(C)(=O)=O)c1. The van der Waals surface area contributed by atoms with Crippen molar-refractivity contribution in [1.82, 2.24) is 5.32 Å². The molecule has 2 aromatic carbocycles. The summed E-state index contributed by atoms with van der Waals surface area (Å²) in [6.07, 6.45) is 1.45. The van der Waals surface area contributed by atoms with Crippen LogP contribution in [0.25, 0.3) is 0 Å². The Hall–Kier alpha value is -2.94. The Morgan fingerprint density at radius 3 is 2.53 bits per heavy atom. The first-order valence-electron chi connectivity index (χ1n) is 9.57. The van der Waals surface area contributed by atoms with E-state index in [2.05, 4.69) is 5.32 Å². The standard InChI is InChI=1S/C21H27N3O5S/c1-15-10-11-16(2)20(13-15)17(3)22-21(25)9-6-12-23(30(4,28)29)18-7-5-8-19(14-18)24(26)27/h5,7-8,10-11,13-14,17H,6,9,12H2,1-4H3,(H,22,25). The summed E-state index contributed by atoms with van der Waals surface area (Å²) in [6.45, 7) is 5.93. The number of hydrogen-bond acceptors (Lipinski definition) is 5. The predicted octanol–water partition coefficient (Wildman–Crippen LogP) is 3.64. The van der Waals surface area contributed by atoms with Gasteiger partial charge in [-0.25, -0.2) is 8.42 Å². The molecule has 30 heavy (non-hydrogen) atoms. The van der Waals surface area contributed by atoms with Crippen molar-refractivity contribution in [3.05, 3.63) is 69.3 Å². The van der Waals surface area contributed by atoms with Gasteiger partial charge in [-0.1, -0.05) is 29.8 Å². The molecule has 0 radical (unpaired) electrons. The van der Waals surface area contributed by atoms with Gasteiger partial charge < -0.3 is 5.32 Å². The van der Waals surface area contributed by atoms with Crippen LogP contribution in [0.4, 0.5) is 11.4 Å². The monoisotopic (exact) mass is 433 g/mol. The summed E-state index contributed by atoms with van der Waals surface area (Å²) in [7, 11) is -3.66. The van der Waals surface area contributed by atoms with Gasteiger partial charge in [0.05, 0.1) is 22.9 Å². The Balaban J connectivity index is 2.01. The molecule has 162 valence electrons. The number of anilines is 1. The van der Waals surface area contributed by atoms with Gasteiger partial charge >= 0.3 is 0 Å². The van der Waals surface area contributed by atoms with Crippen molar-refractivity contribution in [1.29, 1.82) is 0 Å². The zero-order valence-electron chi connectivity index (χ0n) is 17.6. The topological polar surface area (TPSA) is 110 Å². The molecule has 1 unspecified atom stereocenters. The minimum absolute atomic E-state index is 0.0469. The molecule has 0 saturated carbocycles. The fourth-order valence-electron chi connectivity index (χ4n) is 3.25. The molecule has 0 spiro atoms. The second-order valence-electron chi connectivity index (χ2n) is 7.36. The van der Waals surface area contributed by atoms with E-state index in [1.165, 1.54) is 24.3 Å². The van der Waals surface area contributed by atoms with E-state index in [9.17, 15) is 23.3 Å². The van der Waals surface area contributed by atoms with E-state index in [4.69, 9.17) is 0 Å². The Bertz CT molecular complexity index is 1040. The number of sulfonamides is 1. The Labute approximate surface area is 177 Å². The van der Waals surface area contributed by atoms with Crippen LogP contribution in [0.5, 0.6) is 0 Å². The molecule has 0 bridgehead atoms. The summed E-state index contributed by atoms with van der Waals surface area (Å²) < 4.78 is 25.4. The van der Waals surface area contributed by atoms with Gasteiger partial charge in [-0.15, -0.1) is 0 Å². The summed E-state index contributed by atoms with van der Waals surface area (Å²) in [6, 6.07) is 11.3. The first-order valence-corrected chi connectivity index (χ1v) is 11.4. The number of benzene rings is 2. The van der Waals surface area contributed by atoms with Gasteiger partial charge in [0, 0.05) is 25.1 Å². The average Bonchev–Trinajstić information content (AvgIpc) is 2.66. The number of rotatable bonds is 9. The summed E-state index contributed by atoms with van der Waals surface area (Å²) in [5.74, 6) is -0.184. The number of hydrogen-bond donors (Lipinski definition) is 1. The molecule has 9 heteroatoms. The highest BCUT2D eigenvalue weighted by Crippen LogP contribution is 2.24. The van der Waals surface area contributed by atoms with Gasteiger partial charge in [0.1, 0.15) is 0 Å². The number of amides is 1. The molecule has 0 fully saturated rings. The number of carbonyl (C=O) groups excluding carboxylic acids is 1. The molecular formula is C21H27N3O5S. The molecule has 1 amide bonds. The molecule has 0 aromatic heterocycles. The molecule has 0 heterocycles. The molecule has 0 aliphatic carbocycles. The highest BCUT2D eigenvalue weighted by atomic mass is 32.2. The molecule has 2 aromatic rings. The smallest absolute Gasteiger partial charge is 0.271 e. The summed E-state index contributed by atoms with van der Waals surface area (Å²) in [5.41, 5.74) is 3.24. The van der Waals surface area contributed by atoms with Crippen molar-refractivity contribution < 1.29 is 18.1 Å². The van der Waals surface area contributed by atoms with Crippen LogP contribution in [0.15, 0.2) is 42.5 Å². The number of non-ortho nitro benzene ring substituents is 1. The molecular weight excluding hydrogens is 406 g/mol. The van der Waals surface area contributed by atoms with E-state index in [1.54, 1.807) is 0 Å². The van der Waals surface area contributed by atoms with Gasteiger partial charge in [-0.3, -0.25) is 19.2 Å². The van der Waals surface area contributed by atoms with Crippen LogP contribution in [0, 0.1) is 24.0 Å². The quantitative estimate of drug-likeness (QED) is 0.480. The zero-order valence-corrected chi connectivity index (χ0v) is 18.4. The number of carbonyl (C=O) groups is 1. The lowest BCUT2D eigenvalue weighted by molar-refractivity contribution is -0.384. The van der Waals surface area contributed by atoms with Crippen molar-refractivity contribution >= 4 is 27.3 Å². The van der Waals surface area contributed by atoms with Gasteiger partial charge in [-0.2, -0.15) is 0 Å². The van der Waals surface area contributed by atoms with Crippen LogP contribution in [0.2, 0.25) is 0 Å². The molecule has 0 aliphatic rings. The van der Waals surface area contributed by atoms with Crippen LogP contribution in [-0.4, -0.2) is 32.0 Å². The second kappa shape index (κ2) is 9.71. The first kappa shape index (κ1) is 23.3. The fourth-order valence-corrected chi connectivity index (χ4v) is 4.21. The molecule has 1 atom stereocenters. The minimum Gasteiger partial charge on any atom is -0.350 e. The largest absolute Gasteiger partial charge is 0.350 e. The molecule has 0 saturated heterocycles. The molecule has 8 nitrogen and oxygen atoms in total. The van der Waals surface area contributed by atoms with E-state index < -0.39 is 14.9 Å². The number of aryl methyl sites for hydroxylation is 2. The van der Waals surface area contributed by atoms with E-state index >= 15 is 0 Å². The normalized spacial score (nSPS) is 12.3. The zero-order chi connectivity index (χ0) is 22.5. The van der Waals surface area contributed by atoms with Crippen LogP contribution < -0.4 is 9.62 Å². The van der Waals surface area contributed by atoms with Crippen molar-refractivity contribution in [3.8, 4) is 0 Å². The highest BCUT2D eigenvalue weighted by molar-refractivity contribution is 7.92. The van der Waals surface area contributed by atoms with Gasteiger partial charge in [0.2, 0.25) is 15.9 Å². The van der Waals surface area contributed by atoms with E-state index in [0.717, 1.165) is 27.3 Å². The number of nitrogens with zero attached hydrogens (tertiary/aromatic N) is 2. The molecule has 0 aliphatic heterocycles. The lowest BCUT2D eigenvalue weighted by Crippen LogP contribution is -2.32. The maximum atomic E-state index is 12.4. The van der Waals surface area contributed by atoms with Gasteiger partial charge in [0.15, 0.2) is 0 Å². The lowest BCUT2D eigenvalue weighted by atomic mass is 10.00. The Morgan fingerprint density at radius 1 is 1.20 bits per heavy atom. The highest BCUT2D eigenvalue weighted by Gasteiger charge is 2.20. The van der Waals surface area contributed by atoms with Crippen LogP contribution in [-0.2, 0) is 14.8 Å². The van der Waals surface area contributed by atoms with Crippen molar-refractivity contribution in [2.75, 3.05) is 17.1 Å². The molecule has 2 rings (SSSR count). The maximum Gasteiger partial charge on any atom is 0.271 e. The van der Waals surface area contributed by atoms with Gasteiger partial charge in [0.25, 0.3) is 5.69 Å². The van der Waals surface area contributed by atoms with Gasteiger partial charge in [-0.05, 0) is 44.4 Å². The maximum absolute atomic E-state index is 12.4. The third-order valence-corrected chi connectivity index (χ3v) is 5.97. The predicted molar refractivity (Wildman–Crippen MR) is 117 cm³/mol. The Kier molecular flexibility index (Phi) is 7.55. The summed E-state index contributed by atoms with van der Waals surface area (Å²) in [5, 5.41) is 13.9. The van der Waals surface area contributed by atoms with Crippen LogP contribution >= 0.6 is 0 Å². The first-order chi connectivity index (χ1) is 14.0. The third kappa shape index (κ3) is 6.28. The van der Waals surface area contributed by atoms with E-state index in [-0.39, 0.29) is 42.7 Å². The van der Waals surface area contributed by atoms with Crippen LogP contribution in [0.3, 0.4) is 0 Å². The van der Waals surface area contributed by atoms with Crippen LogP contribution in [0.1, 0.15) is 42.5 Å².